The first-order valence-corrected chi connectivity index (χ1v) is 12.0. The molecule has 0 saturated heterocycles. The summed E-state index contributed by atoms with van der Waals surface area (Å²) >= 11 is 12.5. The van der Waals surface area contributed by atoms with Crippen molar-refractivity contribution < 1.29 is 14.4 Å². The Kier molecular flexibility index (Phi) is 9.27. The smallest absolute Gasteiger partial charge is 0.247 e. The number of aromatic nitrogens is 2. The Morgan fingerprint density at radius 1 is 1.00 bits per heavy atom. The number of nitrogens with zero attached hydrogens (tertiary/aromatic N) is 3. The summed E-state index contributed by atoms with van der Waals surface area (Å²) in [6.07, 6.45) is 3.01. The van der Waals surface area contributed by atoms with Crippen LogP contribution in [0.3, 0.4) is 0 Å². The van der Waals surface area contributed by atoms with Gasteiger partial charge in [0.15, 0.2) is 0 Å². The van der Waals surface area contributed by atoms with E-state index in [1.807, 2.05) is 19.1 Å². The minimum atomic E-state index is -0.337. The van der Waals surface area contributed by atoms with Crippen molar-refractivity contribution in [3.63, 3.8) is 0 Å². The molecular weight excluding hydrogens is 501 g/mol. The van der Waals surface area contributed by atoms with Gasteiger partial charge in [0, 0.05) is 41.5 Å². The average Bonchev–Trinajstić information content (AvgIpc) is 3.10. The molecule has 0 radical (unpaired) electrons. The van der Waals surface area contributed by atoms with Gasteiger partial charge in [0.25, 0.3) is 0 Å². The highest BCUT2D eigenvalue weighted by Gasteiger charge is 2.16. The van der Waals surface area contributed by atoms with E-state index < -0.39 is 0 Å². The highest BCUT2D eigenvalue weighted by atomic mass is 35.5. The van der Waals surface area contributed by atoms with E-state index in [0.29, 0.717) is 45.9 Å². The number of halogens is 2. The zero-order valence-corrected chi connectivity index (χ0v) is 21.7. The minimum absolute atomic E-state index is 0.115. The summed E-state index contributed by atoms with van der Waals surface area (Å²) in [5.74, 6) is -0.840. The molecule has 0 unspecified atom stereocenters. The molecule has 0 fully saturated rings. The Labute approximate surface area is 219 Å². The number of carbonyl (C=O) groups is 3. The van der Waals surface area contributed by atoms with E-state index in [1.54, 1.807) is 54.1 Å². The van der Waals surface area contributed by atoms with Crippen LogP contribution in [0.5, 0.6) is 0 Å². The number of anilines is 2. The molecule has 0 spiro atoms. The molecule has 0 bridgehead atoms. The molecule has 0 saturated carbocycles. The highest BCUT2D eigenvalue weighted by Crippen LogP contribution is 2.23. The second-order valence-electron chi connectivity index (χ2n) is 8.07. The summed E-state index contributed by atoms with van der Waals surface area (Å²) in [6.45, 7) is 5.73. The lowest BCUT2D eigenvalue weighted by molar-refractivity contribution is -0.130. The Morgan fingerprint density at radius 2 is 1.61 bits per heavy atom. The normalized spacial score (nSPS) is 10.9. The van der Waals surface area contributed by atoms with Gasteiger partial charge in [-0.1, -0.05) is 35.3 Å². The second kappa shape index (κ2) is 12.4. The molecular formula is C26H27Cl2N5O3. The molecule has 10 heteroatoms. The maximum absolute atomic E-state index is 12.8. The van der Waals surface area contributed by atoms with E-state index >= 15 is 0 Å². The molecule has 0 atom stereocenters. The van der Waals surface area contributed by atoms with Crippen LogP contribution in [0, 0.1) is 6.92 Å². The fourth-order valence-corrected chi connectivity index (χ4v) is 3.87. The standard InChI is InChI=1S/C26H27Cl2N5O3/c1-4-32(16-24(35)30-22-11-9-21(10-12-22)29-18(3)34)25(36)14-13-23-17(2)31-33(26(23)28)15-19-5-7-20(27)8-6-19/h5-14H,4,15-16H2,1-3H3,(H,29,34)(H,30,35)/b14-13+. The maximum atomic E-state index is 12.8. The Bertz CT molecular complexity index is 1270. The van der Waals surface area contributed by atoms with Crippen LogP contribution in [0.15, 0.2) is 54.6 Å². The van der Waals surface area contributed by atoms with Crippen molar-refractivity contribution in [2.24, 2.45) is 0 Å². The number of aryl methyl sites for hydroxylation is 1. The summed E-state index contributed by atoms with van der Waals surface area (Å²) in [6, 6.07) is 14.1. The van der Waals surface area contributed by atoms with Gasteiger partial charge in [0.05, 0.1) is 12.2 Å². The number of amides is 3. The van der Waals surface area contributed by atoms with Gasteiger partial charge in [-0.25, -0.2) is 4.68 Å². The van der Waals surface area contributed by atoms with Gasteiger partial charge in [0.1, 0.15) is 11.7 Å². The summed E-state index contributed by atoms with van der Waals surface area (Å²) in [5.41, 5.74) is 3.49. The number of hydrogen-bond acceptors (Lipinski definition) is 4. The molecule has 3 rings (SSSR count). The molecule has 2 aromatic carbocycles. The molecule has 188 valence electrons. The first-order valence-electron chi connectivity index (χ1n) is 11.3. The van der Waals surface area contributed by atoms with Crippen molar-refractivity contribution in [1.82, 2.24) is 14.7 Å². The molecule has 0 aliphatic rings. The topological polar surface area (TPSA) is 96.3 Å². The van der Waals surface area contributed by atoms with Crippen LogP contribution in [0.25, 0.3) is 6.08 Å². The van der Waals surface area contributed by atoms with Crippen LogP contribution >= 0.6 is 23.2 Å². The Hall–Kier alpha value is -3.62. The number of nitrogens with one attached hydrogen (secondary N) is 2. The van der Waals surface area contributed by atoms with Gasteiger partial charge < -0.3 is 15.5 Å². The largest absolute Gasteiger partial charge is 0.330 e. The van der Waals surface area contributed by atoms with E-state index in [-0.39, 0.29) is 24.3 Å². The monoisotopic (exact) mass is 527 g/mol. The Balaban J connectivity index is 1.61. The lowest BCUT2D eigenvalue weighted by Gasteiger charge is -2.18. The zero-order valence-electron chi connectivity index (χ0n) is 20.2. The van der Waals surface area contributed by atoms with Crippen LogP contribution in [0.2, 0.25) is 10.2 Å². The van der Waals surface area contributed by atoms with Crippen molar-refractivity contribution >= 4 is 58.4 Å². The minimum Gasteiger partial charge on any atom is -0.330 e. The third kappa shape index (κ3) is 7.44. The third-order valence-corrected chi connectivity index (χ3v) is 5.92. The number of benzene rings is 2. The predicted molar refractivity (Wildman–Crippen MR) is 143 cm³/mol. The molecule has 0 aliphatic carbocycles. The van der Waals surface area contributed by atoms with E-state index in [1.165, 1.54) is 17.9 Å². The molecule has 36 heavy (non-hydrogen) atoms. The molecule has 1 aromatic heterocycles. The van der Waals surface area contributed by atoms with E-state index in [9.17, 15) is 14.4 Å². The number of hydrogen-bond donors (Lipinski definition) is 2. The molecule has 0 aliphatic heterocycles. The van der Waals surface area contributed by atoms with Gasteiger partial charge in [-0.2, -0.15) is 5.10 Å². The van der Waals surface area contributed by atoms with Gasteiger partial charge in [-0.3, -0.25) is 14.4 Å². The van der Waals surface area contributed by atoms with Crippen LogP contribution in [0.1, 0.15) is 30.7 Å². The first-order chi connectivity index (χ1) is 17.2. The molecule has 3 amide bonds. The third-order valence-electron chi connectivity index (χ3n) is 5.26. The van der Waals surface area contributed by atoms with Crippen LogP contribution in [-0.4, -0.2) is 45.5 Å². The summed E-state index contributed by atoms with van der Waals surface area (Å²) in [5, 5.41) is 11.0. The predicted octanol–water partition coefficient (Wildman–Crippen LogP) is 5.01. The van der Waals surface area contributed by atoms with Crippen LogP contribution < -0.4 is 10.6 Å². The average molecular weight is 528 g/mol. The summed E-state index contributed by atoms with van der Waals surface area (Å²) < 4.78 is 1.66. The summed E-state index contributed by atoms with van der Waals surface area (Å²) in [7, 11) is 0. The highest BCUT2D eigenvalue weighted by molar-refractivity contribution is 6.31. The van der Waals surface area contributed by atoms with Gasteiger partial charge in [-0.05, 0) is 61.9 Å². The first kappa shape index (κ1) is 27.0. The van der Waals surface area contributed by atoms with E-state index in [0.717, 1.165) is 5.56 Å². The van der Waals surface area contributed by atoms with E-state index in [2.05, 4.69) is 15.7 Å². The number of rotatable bonds is 9. The van der Waals surface area contributed by atoms with Crippen molar-refractivity contribution in [3.8, 4) is 0 Å². The zero-order chi connectivity index (χ0) is 26.2. The second-order valence-corrected chi connectivity index (χ2v) is 8.86. The molecule has 1 heterocycles. The van der Waals surface area contributed by atoms with Gasteiger partial charge >= 0.3 is 0 Å². The molecule has 2 N–H and O–H groups in total. The lowest BCUT2D eigenvalue weighted by atomic mass is 10.2. The summed E-state index contributed by atoms with van der Waals surface area (Å²) in [4.78, 5) is 37.8. The number of carbonyl (C=O) groups excluding carboxylic acids is 3. The van der Waals surface area contributed by atoms with Crippen molar-refractivity contribution in [1.29, 1.82) is 0 Å². The maximum Gasteiger partial charge on any atom is 0.247 e. The lowest BCUT2D eigenvalue weighted by Crippen LogP contribution is -2.36. The molecule has 8 nitrogen and oxygen atoms in total. The van der Waals surface area contributed by atoms with Crippen molar-refractivity contribution in [3.05, 3.63) is 81.6 Å². The SMILES string of the molecule is CCN(CC(=O)Nc1ccc(NC(C)=O)cc1)C(=O)/C=C/c1c(C)nn(Cc2ccc(Cl)cc2)c1Cl. The van der Waals surface area contributed by atoms with Crippen LogP contribution in [-0.2, 0) is 20.9 Å². The fraction of sp³-hybridized carbons (Fsp3) is 0.231. The van der Waals surface area contributed by atoms with Crippen molar-refractivity contribution in [2.75, 3.05) is 23.7 Å². The van der Waals surface area contributed by atoms with Crippen molar-refractivity contribution in [2.45, 2.75) is 27.3 Å². The van der Waals surface area contributed by atoms with Crippen LogP contribution in [0.4, 0.5) is 11.4 Å². The number of likely N-dealkylation sites (N-methyl/N-ethyl adjacent to an activating group) is 1. The van der Waals surface area contributed by atoms with E-state index in [4.69, 9.17) is 23.2 Å². The van der Waals surface area contributed by atoms with Gasteiger partial charge in [-0.15, -0.1) is 0 Å². The molecule has 3 aromatic rings. The fourth-order valence-electron chi connectivity index (χ4n) is 3.44. The van der Waals surface area contributed by atoms with Gasteiger partial charge in [0.2, 0.25) is 17.7 Å². The quantitative estimate of drug-likeness (QED) is 0.382. The Morgan fingerprint density at radius 3 is 2.19 bits per heavy atom.